The molecule has 6 nitrogen and oxygen atoms in total. The average Bonchev–Trinajstić information content (AvgIpc) is 3.07. The maximum atomic E-state index is 12.6. The number of carbonyl (C=O) groups is 2. The minimum Gasteiger partial charge on any atom is -0.453 e. The summed E-state index contributed by atoms with van der Waals surface area (Å²) in [6.07, 6.45) is 1.43. The minimum absolute atomic E-state index is 0.0727. The van der Waals surface area contributed by atoms with Crippen molar-refractivity contribution in [1.82, 2.24) is 14.8 Å². The molecule has 120 valence electrons. The van der Waals surface area contributed by atoms with E-state index >= 15 is 0 Å². The van der Waals surface area contributed by atoms with Crippen LogP contribution in [0.15, 0.2) is 48.7 Å². The van der Waals surface area contributed by atoms with Crippen molar-refractivity contribution in [3.8, 4) is 0 Å². The fourth-order valence-corrected chi connectivity index (χ4v) is 2.96. The molecule has 0 saturated carbocycles. The molecule has 2 heterocycles. The zero-order valence-electron chi connectivity index (χ0n) is 12.9. The quantitative estimate of drug-likeness (QED) is 0.939. The van der Waals surface area contributed by atoms with E-state index in [0.717, 1.165) is 17.8 Å². The normalized spacial score (nSPS) is 16.6. The highest BCUT2D eigenvalue weighted by molar-refractivity contribution is 5.83. The molecule has 0 aliphatic carbocycles. The number of amides is 2. The minimum atomic E-state index is -0.602. The molecule has 1 aliphatic rings. The van der Waals surface area contributed by atoms with Crippen LogP contribution in [0.2, 0.25) is 0 Å². The largest absolute Gasteiger partial charge is 0.453 e. The second-order valence-electron chi connectivity index (χ2n) is 5.37. The highest BCUT2D eigenvalue weighted by atomic mass is 16.5. The van der Waals surface area contributed by atoms with Crippen LogP contribution < -0.4 is 5.32 Å². The van der Waals surface area contributed by atoms with Crippen molar-refractivity contribution >= 4 is 12.0 Å². The van der Waals surface area contributed by atoms with Gasteiger partial charge in [0.15, 0.2) is 0 Å². The van der Waals surface area contributed by atoms with Crippen molar-refractivity contribution < 1.29 is 14.3 Å². The number of carbonyl (C=O) groups excluding carboxylic acids is 2. The Bertz CT molecular complexity index is 696. The van der Waals surface area contributed by atoms with Gasteiger partial charge in [0.2, 0.25) is 5.91 Å². The molecule has 3 rings (SSSR count). The van der Waals surface area contributed by atoms with E-state index in [-0.39, 0.29) is 18.5 Å². The van der Waals surface area contributed by atoms with Crippen molar-refractivity contribution in [3.05, 3.63) is 59.9 Å². The van der Waals surface area contributed by atoms with Gasteiger partial charge in [0, 0.05) is 25.0 Å². The second kappa shape index (κ2) is 6.56. The maximum Gasteiger partial charge on any atom is 0.407 e. The van der Waals surface area contributed by atoms with Gasteiger partial charge >= 0.3 is 6.09 Å². The SMILES string of the molecule is COC(=O)NCC(=O)N1CCn2cccc2C1c1ccccc1. The van der Waals surface area contributed by atoms with Crippen LogP contribution in [-0.4, -0.2) is 41.7 Å². The number of aromatic nitrogens is 1. The standard InChI is InChI=1S/C17H19N3O3/c1-23-17(22)18-12-15(21)20-11-10-19-9-5-8-14(19)16(20)13-6-3-2-4-7-13/h2-9,16H,10-12H2,1H3,(H,18,22). The Labute approximate surface area is 134 Å². The first-order valence-electron chi connectivity index (χ1n) is 7.52. The smallest absolute Gasteiger partial charge is 0.407 e. The summed E-state index contributed by atoms with van der Waals surface area (Å²) in [5.41, 5.74) is 2.13. The first-order chi connectivity index (χ1) is 11.2. The van der Waals surface area contributed by atoms with Crippen LogP contribution in [0.4, 0.5) is 4.79 Å². The van der Waals surface area contributed by atoms with E-state index in [9.17, 15) is 9.59 Å². The van der Waals surface area contributed by atoms with Gasteiger partial charge < -0.3 is 19.5 Å². The number of rotatable bonds is 3. The Balaban J connectivity index is 1.87. The zero-order valence-corrected chi connectivity index (χ0v) is 12.9. The topological polar surface area (TPSA) is 63.6 Å². The lowest BCUT2D eigenvalue weighted by molar-refractivity contribution is -0.132. The Morgan fingerprint density at radius 2 is 1.96 bits per heavy atom. The van der Waals surface area contributed by atoms with Gasteiger partial charge in [-0.2, -0.15) is 0 Å². The molecule has 0 fully saturated rings. The number of ether oxygens (including phenoxy) is 1. The summed E-state index contributed by atoms with van der Waals surface area (Å²) in [6, 6.07) is 13.8. The van der Waals surface area contributed by atoms with Crippen LogP contribution in [-0.2, 0) is 16.1 Å². The predicted octanol–water partition coefficient (Wildman–Crippen LogP) is 1.78. The predicted molar refractivity (Wildman–Crippen MR) is 84.8 cm³/mol. The molecule has 23 heavy (non-hydrogen) atoms. The number of hydrogen-bond donors (Lipinski definition) is 1. The van der Waals surface area contributed by atoms with Gasteiger partial charge in [0.25, 0.3) is 0 Å². The molecule has 0 radical (unpaired) electrons. The number of nitrogens with one attached hydrogen (secondary N) is 1. The number of nitrogens with zero attached hydrogens (tertiary/aromatic N) is 2. The molecule has 1 aliphatic heterocycles. The van der Waals surface area contributed by atoms with Crippen LogP contribution in [0.25, 0.3) is 0 Å². The lowest BCUT2D eigenvalue weighted by Gasteiger charge is -2.37. The molecule has 2 aromatic rings. The van der Waals surface area contributed by atoms with Crippen molar-refractivity contribution in [2.24, 2.45) is 0 Å². The van der Waals surface area contributed by atoms with Gasteiger partial charge in [-0.1, -0.05) is 30.3 Å². The zero-order chi connectivity index (χ0) is 16.2. The van der Waals surface area contributed by atoms with Crippen LogP contribution in [0.1, 0.15) is 17.3 Å². The van der Waals surface area contributed by atoms with Gasteiger partial charge in [0.1, 0.15) is 6.54 Å². The summed E-state index contributed by atoms with van der Waals surface area (Å²) in [4.78, 5) is 25.6. The Hall–Kier alpha value is -2.76. The van der Waals surface area contributed by atoms with Gasteiger partial charge in [-0.3, -0.25) is 4.79 Å². The average molecular weight is 313 g/mol. The lowest BCUT2D eigenvalue weighted by Crippen LogP contribution is -2.46. The molecule has 0 saturated heterocycles. The van der Waals surface area contributed by atoms with Gasteiger partial charge in [0.05, 0.1) is 13.2 Å². The van der Waals surface area contributed by atoms with Crippen LogP contribution in [0, 0.1) is 0 Å². The summed E-state index contributed by atoms with van der Waals surface area (Å²) < 4.78 is 6.68. The molecule has 1 aromatic heterocycles. The van der Waals surface area contributed by atoms with E-state index in [1.165, 1.54) is 7.11 Å². The number of benzene rings is 1. The highest BCUT2D eigenvalue weighted by Crippen LogP contribution is 2.32. The van der Waals surface area contributed by atoms with Gasteiger partial charge in [-0.05, 0) is 17.7 Å². The summed E-state index contributed by atoms with van der Waals surface area (Å²) in [6.45, 7) is 1.27. The summed E-state index contributed by atoms with van der Waals surface area (Å²) in [5, 5.41) is 2.46. The van der Waals surface area contributed by atoms with E-state index in [4.69, 9.17) is 0 Å². The van der Waals surface area contributed by atoms with E-state index in [2.05, 4.69) is 14.6 Å². The molecular formula is C17H19N3O3. The Kier molecular flexibility index (Phi) is 4.32. The third kappa shape index (κ3) is 3.06. The third-order valence-corrected chi connectivity index (χ3v) is 4.04. The van der Waals surface area contributed by atoms with E-state index < -0.39 is 6.09 Å². The second-order valence-corrected chi connectivity index (χ2v) is 5.37. The molecule has 1 N–H and O–H groups in total. The first kappa shape index (κ1) is 15.1. The molecule has 1 atom stereocenters. The summed E-state index contributed by atoms with van der Waals surface area (Å²) >= 11 is 0. The molecular weight excluding hydrogens is 294 g/mol. The van der Waals surface area contributed by atoms with E-state index in [1.54, 1.807) is 4.90 Å². The molecule has 2 amide bonds. The molecule has 1 aromatic carbocycles. The monoisotopic (exact) mass is 313 g/mol. The van der Waals surface area contributed by atoms with Crippen molar-refractivity contribution in [1.29, 1.82) is 0 Å². The summed E-state index contributed by atoms with van der Waals surface area (Å²) in [7, 11) is 1.28. The lowest BCUT2D eigenvalue weighted by atomic mass is 10.00. The van der Waals surface area contributed by atoms with Crippen LogP contribution in [0.3, 0.4) is 0 Å². The van der Waals surface area contributed by atoms with Crippen molar-refractivity contribution in [3.63, 3.8) is 0 Å². The fourth-order valence-electron chi connectivity index (χ4n) is 2.96. The number of fused-ring (bicyclic) bond motifs is 1. The Morgan fingerprint density at radius 3 is 2.70 bits per heavy atom. The van der Waals surface area contributed by atoms with E-state index in [0.29, 0.717) is 6.54 Å². The van der Waals surface area contributed by atoms with Crippen molar-refractivity contribution in [2.75, 3.05) is 20.2 Å². The van der Waals surface area contributed by atoms with Gasteiger partial charge in [-0.25, -0.2) is 4.79 Å². The molecule has 6 heteroatoms. The highest BCUT2D eigenvalue weighted by Gasteiger charge is 2.31. The number of hydrogen-bond acceptors (Lipinski definition) is 3. The fraction of sp³-hybridized carbons (Fsp3) is 0.294. The van der Waals surface area contributed by atoms with Crippen molar-refractivity contribution in [2.45, 2.75) is 12.6 Å². The molecule has 0 spiro atoms. The first-order valence-corrected chi connectivity index (χ1v) is 7.52. The van der Waals surface area contributed by atoms with Crippen LogP contribution >= 0.6 is 0 Å². The molecule has 1 unspecified atom stereocenters. The Morgan fingerprint density at radius 1 is 1.17 bits per heavy atom. The molecule has 0 bridgehead atoms. The third-order valence-electron chi connectivity index (χ3n) is 4.04. The van der Waals surface area contributed by atoms with Crippen LogP contribution in [0.5, 0.6) is 0 Å². The summed E-state index contributed by atoms with van der Waals surface area (Å²) in [5.74, 6) is -0.128. The number of methoxy groups -OCH3 is 1. The number of alkyl carbamates (subject to hydrolysis) is 1. The maximum absolute atomic E-state index is 12.6. The van der Waals surface area contributed by atoms with Gasteiger partial charge in [-0.15, -0.1) is 0 Å². The van der Waals surface area contributed by atoms with E-state index in [1.807, 2.05) is 48.7 Å².